The molecule has 3 heterocycles. The third-order valence-electron chi connectivity index (χ3n) is 5.68. The zero-order valence-corrected chi connectivity index (χ0v) is 17.1. The van der Waals surface area contributed by atoms with Gasteiger partial charge in [-0.1, -0.05) is 12.1 Å². The van der Waals surface area contributed by atoms with Crippen LogP contribution in [0.25, 0.3) is 16.6 Å². The third kappa shape index (κ3) is 3.61. The molecule has 1 fully saturated rings. The van der Waals surface area contributed by atoms with Gasteiger partial charge in [0.05, 0.1) is 11.1 Å². The molecule has 3 aromatic rings. The molecule has 1 aromatic carbocycles. The van der Waals surface area contributed by atoms with Crippen molar-refractivity contribution in [1.82, 2.24) is 19.9 Å². The fourth-order valence-corrected chi connectivity index (χ4v) is 4.23. The van der Waals surface area contributed by atoms with E-state index in [1.165, 1.54) is 0 Å². The smallest absolute Gasteiger partial charge is 0.220 e. The Balaban J connectivity index is 1.50. The summed E-state index contributed by atoms with van der Waals surface area (Å²) < 4.78 is 7.64. The number of amides is 1. The number of aromatic nitrogens is 3. The first kappa shape index (κ1) is 18.9. The van der Waals surface area contributed by atoms with Crippen molar-refractivity contribution in [3.8, 4) is 0 Å². The summed E-state index contributed by atoms with van der Waals surface area (Å²) in [5.41, 5.74) is 4.77. The predicted molar refractivity (Wildman–Crippen MR) is 109 cm³/mol. The van der Waals surface area contributed by atoms with E-state index in [0.717, 1.165) is 46.3 Å². The normalized spacial score (nSPS) is 19.2. The van der Waals surface area contributed by atoms with E-state index in [1.54, 1.807) is 0 Å². The number of hydrogen-bond acceptors (Lipinski definition) is 4. The van der Waals surface area contributed by atoms with Crippen LogP contribution in [-0.2, 0) is 16.0 Å². The molecule has 1 aliphatic rings. The van der Waals surface area contributed by atoms with Gasteiger partial charge in [-0.3, -0.25) is 4.79 Å². The van der Waals surface area contributed by atoms with E-state index in [4.69, 9.17) is 14.8 Å². The first-order valence-corrected chi connectivity index (χ1v) is 10.0. The highest BCUT2D eigenvalue weighted by atomic mass is 16.5. The quantitative estimate of drug-likeness (QED) is 0.752. The number of hydrogen-bond donors (Lipinski definition) is 1. The van der Waals surface area contributed by atoms with Crippen LogP contribution in [0.4, 0.5) is 0 Å². The molecule has 1 aliphatic heterocycles. The number of aryl methyl sites for hydroxylation is 2. The van der Waals surface area contributed by atoms with Crippen LogP contribution >= 0.6 is 0 Å². The van der Waals surface area contributed by atoms with Gasteiger partial charge in [0, 0.05) is 35.8 Å². The molecule has 0 radical (unpaired) electrons. The molecular weight excluding hydrogens is 352 g/mol. The molecule has 6 heteroatoms. The summed E-state index contributed by atoms with van der Waals surface area (Å²) >= 11 is 0. The van der Waals surface area contributed by atoms with Gasteiger partial charge in [-0.2, -0.15) is 5.10 Å². The van der Waals surface area contributed by atoms with Crippen molar-refractivity contribution in [3.05, 3.63) is 41.2 Å². The van der Waals surface area contributed by atoms with Gasteiger partial charge in [0.25, 0.3) is 0 Å². The second-order valence-corrected chi connectivity index (χ2v) is 8.38. The fraction of sp³-hybridized carbons (Fsp3) is 0.500. The molecule has 2 aromatic heterocycles. The number of carbonyl (C=O) groups excluding carboxylic acids is 1. The van der Waals surface area contributed by atoms with E-state index in [-0.39, 0.29) is 17.6 Å². The summed E-state index contributed by atoms with van der Waals surface area (Å²) in [5.74, 6) is 0.0900. The average Bonchev–Trinajstić information content (AvgIpc) is 2.99. The van der Waals surface area contributed by atoms with Gasteiger partial charge >= 0.3 is 0 Å². The zero-order chi connectivity index (χ0) is 19.9. The summed E-state index contributed by atoms with van der Waals surface area (Å²) in [4.78, 5) is 17.3. The van der Waals surface area contributed by atoms with Crippen LogP contribution in [0.15, 0.2) is 24.3 Å². The third-order valence-corrected chi connectivity index (χ3v) is 5.68. The standard InChI is InChI=1S/C22H28N4O2/c1-14-17(9-10-20(27)24-16-11-12-28-22(3,4)13-16)15(2)26-21(23-14)18-7-5-6-8-19(18)25-26/h5-8,16H,9-13H2,1-4H3,(H,24,27). The van der Waals surface area contributed by atoms with Crippen molar-refractivity contribution >= 4 is 22.5 Å². The van der Waals surface area contributed by atoms with Gasteiger partial charge in [0.15, 0.2) is 5.65 Å². The minimum atomic E-state index is -0.166. The predicted octanol–water partition coefficient (Wildman–Crippen LogP) is 3.51. The van der Waals surface area contributed by atoms with E-state index in [2.05, 4.69) is 26.1 Å². The minimum absolute atomic E-state index is 0.0900. The number of fused-ring (bicyclic) bond motifs is 3. The van der Waals surface area contributed by atoms with Crippen molar-refractivity contribution in [2.24, 2.45) is 0 Å². The fourth-order valence-electron chi connectivity index (χ4n) is 4.23. The van der Waals surface area contributed by atoms with E-state index in [1.807, 2.05) is 35.7 Å². The Hall–Kier alpha value is -2.47. The molecule has 1 saturated heterocycles. The summed E-state index contributed by atoms with van der Waals surface area (Å²) in [5, 5.41) is 8.93. The lowest BCUT2D eigenvalue weighted by Gasteiger charge is -2.35. The molecule has 4 rings (SSSR count). The Labute approximate surface area is 165 Å². The van der Waals surface area contributed by atoms with E-state index in [0.29, 0.717) is 19.4 Å². The molecule has 6 nitrogen and oxygen atoms in total. The molecule has 28 heavy (non-hydrogen) atoms. The van der Waals surface area contributed by atoms with Crippen LogP contribution in [0.2, 0.25) is 0 Å². The maximum atomic E-state index is 12.5. The summed E-state index contributed by atoms with van der Waals surface area (Å²) in [6, 6.07) is 8.23. The van der Waals surface area contributed by atoms with Gasteiger partial charge in [-0.25, -0.2) is 9.50 Å². The van der Waals surface area contributed by atoms with Crippen molar-refractivity contribution < 1.29 is 9.53 Å². The number of nitrogens with zero attached hydrogens (tertiary/aromatic N) is 3. The second kappa shape index (κ2) is 7.17. The first-order valence-electron chi connectivity index (χ1n) is 10.0. The average molecular weight is 380 g/mol. The molecular formula is C22H28N4O2. The Morgan fingerprint density at radius 3 is 2.89 bits per heavy atom. The Morgan fingerprint density at radius 2 is 2.11 bits per heavy atom. The lowest BCUT2D eigenvalue weighted by Crippen LogP contribution is -2.45. The maximum absolute atomic E-state index is 12.5. The molecule has 1 N–H and O–H groups in total. The Bertz CT molecular complexity index is 1040. The Morgan fingerprint density at radius 1 is 1.32 bits per heavy atom. The lowest BCUT2D eigenvalue weighted by atomic mass is 9.94. The number of carbonyl (C=O) groups is 1. The minimum Gasteiger partial charge on any atom is -0.375 e. The Kier molecular flexibility index (Phi) is 4.83. The first-order chi connectivity index (χ1) is 13.3. The van der Waals surface area contributed by atoms with Gasteiger partial charge in [-0.15, -0.1) is 0 Å². The number of nitrogens with one attached hydrogen (secondary N) is 1. The van der Waals surface area contributed by atoms with Gasteiger partial charge in [0.1, 0.15) is 0 Å². The van der Waals surface area contributed by atoms with Crippen LogP contribution < -0.4 is 5.32 Å². The van der Waals surface area contributed by atoms with E-state index in [9.17, 15) is 4.79 Å². The molecule has 0 saturated carbocycles. The molecule has 1 atom stereocenters. The monoisotopic (exact) mass is 380 g/mol. The highest BCUT2D eigenvalue weighted by Gasteiger charge is 2.29. The molecule has 1 unspecified atom stereocenters. The molecule has 1 amide bonds. The van der Waals surface area contributed by atoms with Gasteiger partial charge in [0.2, 0.25) is 5.91 Å². The number of rotatable bonds is 4. The topological polar surface area (TPSA) is 68.5 Å². The van der Waals surface area contributed by atoms with Crippen molar-refractivity contribution in [3.63, 3.8) is 0 Å². The van der Waals surface area contributed by atoms with Crippen molar-refractivity contribution in [2.45, 2.75) is 65.0 Å². The largest absolute Gasteiger partial charge is 0.375 e. The van der Waals surface area contributed by atoms with Crippen molar-refractivity contribution in [1.29, 1.82) is 0 Å². The van der Waals surface area contributed by atoms with Crippen LogP contribution in [0.1, 0.15) is 50.1 Å². The van der Waals surface area contributed by atoms with E-state index >= 15 is 0 Å². The highest BCUT2D eigenvalue weighted by molar-refractivity contribution is 5.92. The summed E-state index contributed by atoms with van der Waals surface area (Å²) in [6.07, 6.45) is 2.84. The highest BCUT2D eigenvalue weighted by Crippen LogP contribution is 2.25. The van der Waals surface area contributed by atoms with Crippen LogP contribution in [0.3, 0.4) is 0 Å². The molecule has 0 bridgehead atoms. The lowest BCUT2D eigenvalue weighted by molar-refractivity contribution is -0.124. The second-order valence-electron chi connectivity index (χ2n) is 8.38. The van der Waals surface area contributed by atoms with Gasteiger partial charge < -0.3 is 10.1 Å². The van der Waals surface area contributed by atoms with Crippen LogP contribution in [0, 0.1) is 13.8 Å². The SMILES string of the molecule is Cc1nc2c3ccccc3nn2c(C)c1CCC(=O)NC1CCOC(C)(C)C1. The van der Waals surface area contributed by atoms with Gasteiger partial charge in [-0.05, 0) is 64.7 Å². The molecule has 148 valence electrons. The number of ether oxygens (including phenoxy) is 1. The maximum Gasteiger partial charge on any atom is 0.220 e. The van der Waals surface area contributed by atoms with Crippen molar-refractivity contribution in [2.75, 3.05) is 6.61 Å². The molecule has 0 spiro atoms. The van der Waals surface area contributed by atoms with Crippen LogP contribution in [-0.4, -0.2) is 38.8 Å². The zero-order valence-electron chi connectivity index (χ0n) is 17.1. The summed E-state index contributed by atoms with van der Waals surface area (Å²) in [7, 11) is 0. The number of benzene rings is 1. The van der Waals surface area contributed by atoms with Crippen LogP contribution in [0.5, 0.6) is 0 Å². The van der Waals surface area contributed by atoms with E-state index < -0.39 is 0 Å². The summed E-state index contributed by atoms with van der Waals surface area (Å²) in [6.45, 7) is 8.92. The molecule has 0 aliphatic carbocycles.